The maximum absolute atomic E-state index is 8.89. The van der Waals surface area contributed by atoms with Gasteiger partial charge in [-0.25, -0.2) is 4.98 Å². The van der Waals surface area contributed by atoms with Crippen molar-refractivity contribution in [1.82, 2.24) is 9.55 Å². The van der Waals surface area contributed by atoms with Crippen LogP contribution in [0.5, 0.6) is 0 Å². The van der Waals surface area contributed by atoms with Crippen LogP contribution >= 0.6 is 0 Å². The molecular formula is C10H17N3O. The van der Waals surface area contributed by atoms with E-state index >= 15 is 0 Å². The van der Waals surface area contributed by atoms with Crippen LogP contribution in [-0.2, 0) is 0 Å². The Labute approximate surface area is 83.8 Å². The predicted molar refractivity (Wildman–Crippen MR) is 53.7 cm³/mol. The lowest BCUT2D eigenvalue weighted by molar-refractivity contribution is 0.266. The molecule has 1 fully saturated rings. The van der Waals surface area contributed by atoms with E-state index in [-0.39, 0.29) is 12.6 Å². The minimum atomic E-state index is -0.336. The molecule has 1 aliphatic rings. The quantitative estimate of drug-likeness (QED) is 0.756. The van der Waals surface area contributed by atoms with Crippen molar-refractivity contribution in [3.05, 3.63) is 18.2 Å². The highest BCUT2D eigenvalue weighted by Crippen LogP contribution is 2.29. The van der Waals surface area contributed by atoms with Crippen LogP contribution in [0.3, 0.4) is 0 Å². The molecule has 1 atom stereocenters. The molecule has 0 aliphatic heterocycles. The Morgan fingerprint density at radius 2 is 2.29 bits per heavy atom. The SMILES string of the molecule is NC(CO)c1cn(C2CCCC2)cn1. The summed E-state index contributed by atoms with van der Waals surface area (Å²) in [5, 5.41) is 8.89. The second-order valence-electron chi connectivity index (χ2n) is 3.97. The maximum Gasteiger partial charge on any atom is 0.0952 e. The molecule has 3 N–H and O–H groups in total. The first-order chi connectivity index (χ1) is 6.81. The third-order valence-corrected chi connectivity index (χ3v) is 2.94. The molecule has 1 unspecified atom stereocenters. The van der Waals surface area contributed by atoms with Crippen molar-refractivity contribution < 1.29 is 5.11 Å². The van der Waals surface area contributed by atoms with E-state index in [1.165, 1.54) is 25.7 Å². The molecule has 14 heavy (non-hydrogen) atoms. The summed E-state index contributed by atoms with van der Waals surface area (Å²) in [4.78, 5) is 4.21. The Hall–Kier alpha value is -0.870. The Kier molecular flexibility index (Phi) is 2.84. The van der Waals surface area contributed by atoms with E-state index in [0.717, 1.165) is 5.69 Å². The summed E-state index contributed by atoms with van der Waals surface area (Å²) in [7, 11) is 0. The molecule has 4 nitrogen and oxygen atoms in total. The molecule has 2 rings (SSSR count). The monoisotopic (exact) mass is 195 g/mol. The highest BCUT2D eigenvalue weighted by Gasteiger charge is 2.17. The molecule has 0 radical (unpaired) electrons. The van der Waals surface area contributed by atoms with Crippen LogP contribution in [-0.4, -0.2) is 21.3 Å². The van der Waals surface area contributed by atoms with Crippen molar-refractivity contribution >= 4 is 0 Å². The first-order valence-electron chi connectivity index (χ1n) is 5.21. The van der Waals surface area contributed by atoms with E-state index in [0.29, 0.717) is 6.04 Å². The van der Waals surface area contributed by atoms with Crippen LogP contribution in [0.1, 0.15) is 43.5 Å². The molecule has 1 aromatic rings. The van der Waals surface area contributed by atoms with Gasteiger partial charge in [0, 0.05) is 12.2 Å². The molecule has 1 aliphatic carbocycles. The van der Waals surface area contributed by atoms with Gasteiger partial charge in [0.2, 0.25) is 0 Å². The van der Waals surface area contributed by atoms with Gasteiger partial charge in [0.05, 0.1) is 24.7 Å². The van der Waals surface area contributed by atoms with Crippen molar-refractivity contribution in [2.24, 2.45) is 5.73 Å². The molecule has 1 aromatic heterocycles. The first kappa shape index (κ1) is 9.68. The van der Waals surface area contributed by atoms with Crippen LogP contribution in [0.2, 0.25) is 0 Å². The average Bonchev–Trinajstić information content (AvgIpc) is 2.86. The van der Waals surface area contributed by atoms with Crippen LogP contribution < -0.4 is 5.73 Å². The highest BCUT2D eigenvalue weighted by molar-refractivity contribution is 5.04. The van der Waals surface area contributed by atoms with Crippen molar-refractivity contribution in [3.63, 3.8) is 0 Å². The fourth-order valence-electron chi connectivity index (χ4n) is 2.04. The second-order valence-corrected chi connectivity index (χ2v) is 3.97. The number of aliphatic hydroxyl groups excluding tert-OH is 1. The van der Waals surface area contributed by atoms with E-state index in [1.54, 1.807) is 0 Å². The first-order valence-corrected chi connectivity index (χ1v) is 5.21. The van der Waals surface area contributed by atoms with Gasteiger partial charge in [0.1, 0.15) is 0 Å². The molecule has 4 heteroatoms. The average molecular weight is 195 g/mol. The molecule has 1 heterocycles. The van der Waals surface area contributed by atoms with Crippen LogP contribution in [0.15, 0.2) is 12.5 Å². The number of aliphatic hydroxyl groups is 1. The van der Waals surface area contributed by atoms with Gasteiger partial charge >= 0.3 is 0 Å². The van der Waals surface area contributed by atoms with Crippen molar-refractivity contribution in [1.29, 1.82) is 0 Å². The number of aromatic nitrogens is 2. The van der Waals surface area contributed by atoms with E-state index in [9.17, 15) is 0 Å². The number of hydrogen-bond acceptors (Lipinski definition) is 3. The van der Waals surface area contributed by atoms with E-state index in [4.69, 9.17) is 10.8 Å². The molecule has 0 bridgehead atoms. The van der Waals surface area contributed by atoms with E-state index < -0.39 is 0 Å². The molecule has 0 aromatic carbocycles. The summed E-state index contributed by atoms with van der Waals surface area (Å²) in [6, 6.07) is 0.264. The summed E-state index contributed by atoms with van der Waals surface area (Å²) in [5.74, 6) is 0. The molecule has 1 saturated carbocycles. The van der Waals surface area contributed by atoms with Gasteiger partial charge in [-0.05, 0) is 12.8 Å². The lowest BCUT2D eigenvalue weighted by Crippen LogP contribution is -2.14. The lowest BCUT2D eigenvalue weighted by Gasteiger charge is -2.09. The summed E-state index contributed by atoms with van der Waals surface area (Å²) < 4.78 is 2.14. The van der Waals surface area contributed by atoms with Crippen LogP contribution in [0.25, 0.3) is 0 Å². The van der Waals surface area contributed by atoms with Gasteiger partial charge in [-0.15, -0.1) is 0 Å². The van der Waals surface area contributed by atoms with E-state index in [2.05, 4.69) is 9.55 Å². The van der Waals surface area contributed by atoms with E-state index in [1.807, 2.05) is 12.5 Å². The normalized spacial score (nSPS) is 20.1. The molecule has 0 spiro atoms. The van der Waals surface area contributed by atoms with Crippen molar-refractivity contribution in [2.75, 3.05) is 6.61 Å². The smallest absolute Gasteiger partial charge is 0.0952 e. The Morgan fingerprint density at radius 1 is 1.57 bits per heavy atom. The maximum atomic E-state index is 8.89. The number of nitrogens with two attached hydrogens (primary N) is 1. The summed E-state index contributed by atoms with van der Waals surface area (Å²) in [5.41, 5.74) is 6.47. The zero-order valence-corrected chi connectivity index (χ0v) is 8.26. The summed E-state index contributed by atoms with van der Waals surface area (Å²) >= 11 is 0. The Morgan fingerprint density at radius 3 is 2.93 bits per heavy atom. The summed E-state index contributed by atoms with van der Waals surface area (Å²) in [6.45, 7) is -0.0400. The summed E-state index contributed by atoms with van der Waals surface area (Å²) in [6.07, 6.45) is 8.90. The number of nitrogens with zero attached hydrogens (tertiary/aromatic N) is 2. The fraction of sp³-hybridized carbons (Fsp3) is 0.700. The Bertz CT molecular complexity index is 291. The Balaban J connectivity index is 2.08. The highest BCUT2D eigenvalue weighted by atomic mass is 16.3. The number of hydrogen-bond donors (Lipinski definition) is 2. The number of rotatable bonds is 3. The van der Waals surface area contributed by atoms with Gasteiger partial charge in [-0.3, -0.25) is 0 Å². The topological polar surface area (TPSA) is 64.1 Å². The predicted octanol–water partition coefficient (Wildman–Crippen LogP) is 0.990. The van der Waals surface area contributed by atoms with Crippen molar-refractivity contribution in [3.8, 4) is 0 Å². The van der Waals surface area contributed by atoms with Crippen LogP contribution in [0.4, 0.5) is 0 Å². The minimum absolute atomic E-state index is 0.0400. The number of imidazole rings is 1. The van der Waals surface area contributed by atoms with Crippen LogP contribution in [0, 0.1) is 0 Å². The fourth-order valence-corrected chi connectivity index (χ4v) is 2.04. The lowest BCUT2D eigenvalue weighted by atomic mass is 10.2. The minimum Gasteiger partial charge on any atom is -0.394 e. The molecule has 78 valence electrons. The van der Waals surface area contributed by atoms with Gasteiger partial charge in [0.25, 0.3) is 0 Å². The second kappa shape index (κ2) is 4.11. The zero-order valence-electron chi connectivity index (χ0n) is 8.26. The van der Waals surface area contributed by atoms with Gasteiger partial charge < -0.3 is 15.4 Å². The molecule has 0 saturated heterocycles. The largest absolute Gasteiger partial charge is 0.394 e. The van der Waals surface area contributed by atoms with Crippen molar-refractivity contribution in [2.45, 2.75) is 37.8 Å². The third kappa shape index (κ3) is 1.81. The third-order valence-electron chi connectivity index (χ3n) is 2.94. The molecule has 0 amide bonds. The zero-order chi connectivity index (χ0) is 9.97. The standard InChI is InChI=1S/C10H17N3O/c11-9(6-14)10-5-13(7-12-10)8-3-1-2-4-8/h5,7-9,14H,1-4,6,11H2. The molecular weight excluding hydrogens is 178 g/mol. The van der Waals surface area contributed by atoms with Gasteiger partial charge in [0.15, 0.2) is 0 Å². The van der Waals surface area contributed by atoms with Gasteiger partial charge in [-0.1, -0.05) is 12.8 Å². The van der Waals surface area contributed by atoms with Gasteiger partial charge in [-0.2, -0.15) is 0 Å².